The predicted molar refractivity (Wildman–Crippen MR) is 102 cm³/mol. The van der Waals surface area contributed by atoms with Crippen LogP contribution in [-0.4, -0.2) is 35.8 Å². The van der Waals surface area contributed by atoms with Crippen LogP contribution < -0.4 is 10.1 Å². The molecular formula is C21H22N2O4. The normalized spacial score (nSPS) is 14.1. The topological polar surface area (TPSA) is 75.7 Å². The van der Waals surface area contributed by atoms with Crippen molar-refractivity contribution in [2.75, 3.05) is 12.4 Å². The molecule has 0 unspecified atom stereocenters. The number of benzene rings is 2. The minimum atomic E-state index is -0.873. The summed E-state index contributed by atoms with van der Waals surface area (Å²) in [5.41, 5.74) is 1.19. The lowest BCUT2D eigenvalue weighted by atomic mass is 10.1. The third-order valence-corrected chi connectivity index (χ3v) is 4.64. The lowest BCUT2D eigenvalue weighted by Gasteiger charge is -2.25. The first-order valence-corrected chi connectivity index (χ1v) is 8.99. The second kappa shape index (κ2) is 8.03. The maximum Gasteiger partial charge on any atom is 0.262 e. The number of nitrogens with zero attached hydrogens (tertiary/aromatic N) is 1. The Kier molecular flexibility index (Phi) is 5.54. The third kappa shape index (κ3) is 3.56. The lowest BCUT2D eigenvalue weighted by Crippen LogP contribution is -2.47. The van der Waals surface area contributed by atoms with Gasteiger partial charge in [-0.1, -0.05) is 44.0 Å². The van der Waals surface area contributed by atoms with E-state index in [1.165, 1.54) is 7.11 Å². The number of rotatable bonds is 7. The maximum absolute atomic E-state index is 13.0. The molecule has 3 rings (SSSR count). The van der Waals surface area contributed by atoms with Crippen LogP contribution >= 0.6 is 0 Å². The van der Waals surface area contributed by atoms with Gasteiger partial charge in [0, 0.05) is 0 Å². The molecular weight excluding hydrogens is 344 g/mol. The van der Waals surface area contributed by atoms with Crippen molar-refractivity contribution in [3.8, 4) is 5.75 Å². The SMILES string of the molecule is CCCC[C@@H](C(=O)Nc1ccccc1OC)N1C(=O)c2ccccc2C1=O. The van der Waals surface area contributed by atoms with E-state index in [1.807, 2.05) is 6.92 Å². The number of nitrogens with one attached hydrogen (secondary N) is 1. The number of unbranched alkanes of at least 4 members (excludes halogenated alkanes) is 1. The van der Waals surface area contributed by atoms with Crippen molar-refractivity contribution in [3.05, 3.63) is 59.7 Å². The number of fused-ring (bicyclic) bond motifs is 1. The van der Waals surface area contributed by atoms with Gasteiger partial charge in [-0.25, -0.2) is 0 Å². The second-order valence-electron chi connectivity index (χ2n) is 6.37. The molecule has 2 aromatic carbocycles. The van der Waals surface area contributed by atoms with Crippen molar-refractivity contribution < 1.29 is 19.1 Å². The molecule has 6 heteroatoms. The van der Waals surface area contributed by atoms with Gasteiger partial charge in [0.05, 0.1) is 23.9 Å². The molecule has 6 nitrogen and oxygen atoms in total. The molecule has 0 saturated heterocycles. The number of hydrogen-bond donors (Lipinski definition) is 1. The molecule has 140 valence electrons. The Bertz CT molecular complexity index is 843. The van der Waals surface area contributed by atoms with Gasteiger partial charge >= 0.3 is 0 Å². The average Bonchev–Trinajstić information content (AvgIpc) is 2.94. The second-order valence-corrected chi connectivity index (χ2v) is 6.37. The van der Waals surface area contributed by atoms with Gasteiger partial charge in [-0.05, 0) is 30.7 Å². The minimum absolute atomic E-state index is 0.342. The average molecular weight is 366 g/mol. The Morgan fingerprint density at radius 1 is 1.04 bits per heavy atom. The largest absolute Gasteiger partial charge is 0.495 e. The molecule has 2 aromatic rings. The van der Waals surface area contributed by atoms with E-state index in [-0.39, 0.29) is 0 Å². The van der Waals surface area contributed by atoms with Gasteiger partial charge < -0.3 is 10.1 Å². The van der Waals surface area contributed by atoms with Gasteiger partial charge in [-0.15, -0.1) is 0 Å². The molecule has 3 amide bonds. The molecule has 0 bridgehead atoms. The fraction of sp³-hybridized carbons (Fsp3) is 0.286. The Hall–Kier alpha value is -3.15. The van der Waals surface area contributed by atoms with Gasteiger partial charge in [0.25, 0.3) is 11.8 Å². The predicted octanol–water partition coefficient (Wildman–Crippen LogP) is 3.49. The summed E-state index contributed by atoms with van der Waals surface area (Å²) in [5.74, 6) is -0.733. The minimum Gasteiger partial charge on any atom is -0.495 e. The quantitative estimate of drug-likeness (QED) is 0.761. The summed E-state index contributed by atoms with van der Waals surface area (Å²) in [6, 6.07) is 12.8. The van der Waals surface area contributed by atoms with Gasteiger partial charge in [-0.3, -0.25) is 19.3 Å². The maximum atomic E-state index is 13.0. The number of carbonyl (C=O) groups is 3. The van der Waals surface area contributed by atoms with Crippen molar-refractivity contribution in [1.82, 2.24) is 4.90 Å². The molecule has 0 saturated carbocycles. The van der Waals surface area contributed by atoms with E-state index in [4.69, 9.17) is 4.74 Å². The molecule has 1 aliphatic rings. The number of methoxy groups -OCH3 is 1. The van der Waals surface area contributed by atoms with Crippen molar-refractivity contribution in [2.45, 2.75) is 32.2 Å². The zero-order chi connectivity index (χ0) is 19.4. The summed E-state index contributed by atoms with van der Waals surface area (Å²) in [4.78, 5) is 39.7. The molecule has 1 heterocycles. The van der Waals surface area contributed by atoms with Gasteiger partial charge in [0.15, 0.2) is 0 Å². The van der Waals surface area contributed by atoms with E-state index < -0.39 is 23.8 Å². The van der Waals surface area contributed by atoms with Crippen molar-refractivity contribution in [3.63, 3.8) is 0 Å². The molecule has 0 aliphatic carbocycles. The molecule has 0 fully saturated rings. The fourth-order valence-corrected chi connectivity index (χ4v) is 3.23. The zero-order valence-corrected chi connectivity index (χ0v) is 15.4. The molecule has 1 aliphatic heterocycles. The highest BCUT2D eigenvalue weighted by Crippen LogP contribution is 2.28. The van der Waals surface area contributed by atoms with E-state index in [2.05, 4.69) is 5.32 Å². The number of para-hydroxylation sites is 2. The lowest BCUT2D eigenvalue weighted by molar-refractivity contribution is -0.120. The first-order valence-electron chi connectivity index (χ1n) is 8.99. The first-order chi connectivity index (χ1) is 13.1. The van der Waals surface area contributed by atoms with Crippen LogP contribution in [0.2, 0.25) is 0 Å². The summed E-state index contributed by atoms with van der Waals surface area (Å²) >= 11 is 0. The number of ether oxygens (including phenoxy) is 1. The van der Waals surface area contributed by atoms with Crippen molar-refractivity contribution in [1.29, 1.82) is 0 Å². The van der Waals surface area contributed by atoms with Gasteiger partial charge in [0.2, 0.25) is 5.91 Å². The van der Waals surface area contributed by atoms with E-state index >= 15 is 0 Å². The Morgan fingerprint density at radius 2 is 1.63 bits per heavy atom. The Morgan fingerprint density at radius 3 is 2.22 bits per heavy atom. The summed E-state index contributed by atoms with van der Waals surface area (Å²) in [5, 5.41) is 2.81. The number of amides is 3. The molecule has 0 aromatic heterocycles. The summed E-state index contributed by atoms with van der Waals surface area (Å²) in [7, 11) is 1.52. The smallest absolute Gasteiger partial charge is 0.262 e. The number of hydrogen-bond acceptors (Lipinski definition) is 4. The number of carbonyl (C=O) groups excluding carboxylic acids is 3. The molecule has 27 heavy (non-hydrogen) atoms. The fourth-order valence-electron chi connectivity index (χ4n) is 3.23. The Labute approximate surface area is 158 Å². The standard InChI is InChI=1S/C21H22N2O4/c1-3-4-12-17(19(24)22-16-11-7-8-13-18(16)27-2)23-20(25)14-9-5-6-10-15(14)21(23)26/h5-11,13,17H,3-4,12H2,1-2H3,(H,22,24)/t17-/m0/s1. The number of anilines is 1. The third-order valence-electron chi connectivity index (χ3n) is 4.64. The van der Waals surface area contributed by atoms with E-state index in [0.29, 0.717) is 29.0 Å². The van der Waals surface area contributed by atoms with Crippen LogP contribution in [0.1, 0.15) is 46.9 Å². The van der Waals surface area contributed by atoms with E-state index in [1.54, 1.807) is 48.5 Å². The summed E-state index contributed by atoms with van der Waals surface area (Å²) in [6.45, 7) is 2.00. The van der Waals surface area contributed by atoms with Gasteiger partial charge in [-0.2, -0.15) is 0 Å². The van der Waals surface area contributed by atoms with Crippen molar-refractivity contribution in [2.24, 2.45) is 0 Å². The molecule has 1 N–H and O–H groups in total. The van der Waals surface area contributed by atoms with E-state index in [9.17, 15) is 14.4 Å². The van der Waals surface area contributed by atoms with Crippen LogP contribution in [0.5, 0.6) is 5.75 Å². The van der Waals surface area contributed by atoms with Crippen LogP contribution in [0, 0.1) is 0 Å². The highest BCUT2D eigenvalue weighted by atomic mass is 16.5. The summed E-state index contributed by atoms with van der Waals surface area (Å²) < 4.78 is 5.26. The molecule has 0 spiro atoms. The highest BCUT2D eigenvalue weighted by Gasteiger charge is 2.42. The van der Waals surface area contributed by atoms with Crippen molar-refractivity contribution >= 4 is 23.4 Å². The zero-order valence-electron chi connectivity index (χ0n) is 15.4. The van der Waals surface area contributed by atoms with Gasteiger partial charge in [0.1, 0.15) is 11.8 Å². The van der Waals surface area contributed by atoms with Crippen LogP contribution in [0.4, 0.5) is 5.69 Å². The van der Waals surface area contributed by atoms with Crippen LogP contribution in [0.15, 0.2) is 48.5 Å². The van der Waals surface area contributed by atoms with E-state index in [0.717, 1.165) is 17.7 Å². The number of imide groups is 1. The van der Waals surface area contributed by atoms with Crippen LogP contribution in [-0.2, 0) is 4.79 Å². The van der Waals surface area contributed by atoms with Crippen LogP contribution in [0.25, 0.3) is 0 Å². The molecule has 0 radical (unpaired) electrons. The molecule has 1 atom stereocenters. The highest BCUT2D eigenvalue weighted by molar-refractivity contribution is 6.23. The summed E-state index contributed by atoms with van der Waals surface area (Å²) in [6.07, 6.45) is 1.97. The van der Waals surface area contributed by atoms with Crippen LogP contribution in [0.3, 0.4) is 0 Å². The Balaban J connectivity index is 1.89. The first kappa shape index (κ1) is 18.6. The monoisotopic (exact) mass is 366 g/mol.